The molecule has 0 aromatic heterocycles. The number of carboxylic acid groups (broad SMARTS) is 1. The number of aliphatic carboxylic acids is 1. The second-order valence-corrected chi connectivity index (χ2v) is 4.14. The average Bonchev–Trinajstić information content (AvgIpc) is 2.22. The lowest BCUT2D eigenvalue weighted by molar-refractivity contribution is -0.138. The van der Waals surface area contributed by atoms with Gasteiger partial charge < -0.3 is 10.4 Å². The van der Waals surface area contributed by atoms with Crippen LogP contribution >= 0.6 is 0 Å². The summed E-state index contributed by atoms with van der Waals surface area (Å²) < 4.78 is 0. The summed E-state index contributed by atoms with van der Waals surface area (Å²) in [5, 5.41) is 12.2. The van der Waals surface area contributed by atoms with Gasteiger partial charge in [-0.15, -0.1) is 0 Å². The molecule has 0 aliphatic carbocycles. The molecule has 0 aliphatic rings. The molecule has 0 radical (unpaired) electrons. The fraction of sp³-hybridized carbons (Fsp3) is 0.462. The Morgan fingerprint density at radius 3 is 2.69 bits per heavy atom. The molecule has 0 aliphatic heterocycles. The summed E-state index contributed by atoms with van der Waals surface area (Å²) in [5.74, 6) is -0.789. The summed E-state index contributed by atoms with van der Waals surface area (Å²) in [6.45, 7) is 5.97. The Hall–Kier alpha value is -1.51. The van der Waals surface area contributed by atoms with Crippen LogP contribution < -0.4 is 5.32 Å². The van der Waals surface area contributed by atoms with Crippen LogP contribution in [0.2, 0.25) is 0 Å². The molecule has 1 rings (SSSR count). The molecule has 3 heteroatoms. The van der Waals surface area contributed by atoms with E-state index in [0.29, 0.717) is 6.42 Å². The number of benzene rings is 1. The lowest BCUT2D eigenvalue weighted by Crippen LogP contribution is -2.29. The van der Waals surface area contributed by atoms with Gasteiger partial charge in [0.25, 0.3) is 0 Å². The maximum Gasteiger partial charge on any atom is 0.326 e. The van der Waals surface area contributed by atoms with Crippen molar-refractivity contribution in [3.8, 4) is 0 Å². The van der Waals surface area contributed by atoms with Crippen molar-refractivity contribution in [3.05, 3.63) is 29.3 Å². The van der Waals surface area contributed by atoms with Crippen molar-refractivity contribution in [2.75, 3.05) is 5.32 Å². The highest BCUT2D eigenvalue weighted by Crippen LogP contribution is 2.18. The molecule has 0 fully saturated rings. The van der Waals surface area contributed by atoms with E-state index in [9.17, 15) is 4.79 Å². The van der Waals surface area contributed by atoms with Gasteiger partial charge in [0.05, 0.1) is 0 Å². The molecular formula is C13H19NO2. The van der Waals surface area contributed by atoms with Crippen molar-refractivity contribution in [1.82, 2.24) is 0 Å². The number of rotatable bonds is 5. The zero-order chi connectivity index (χ0) is 12.1. The first-order valence-corrected chi connectivity index (χ1v) is 5.61. The second-order valence-electron chi connectivity index (χ2n) is 4.14. The molecule has 16 heavy (non-hydrogen) atoms. The van der Waals surface area contributed by atoms with E-state index in [2.05, 4.69) is 5.32 Å². The molecule has 0 amide bonds. The summed E-state index contributed by atoms with van der Waals surface area (Å²) >= 11 is 0. The summed E-state index contributed by atoms with van der Waals surface area (Å²) in [7, 11) is 0. The Morgan fingerprint density at radius 2 is 2.12 bits per heavy atom. The van der Waals surface area contributed by atoms with E-state index in [1.165, 1.54) is 0 Å². The fourth-order valence-electron chi connectivity index (χ4n) is 1.63. The molecule has 1 unspecified atom stereocenters. The van der Waals surface area contributed by atoms with Gasteiger partial charge in [0, 0.05) is 5.69 Å². The third-order valence-electron chi connectivity index (χ3n) is 2.60. The minimum absolute atomic E-state index is 0.495. The molecule has 1 aromatic rings. The molecule has 3 nitrogen and oxygen atoms in total. The minimum Gasteiger partial charge on any atom is -0.480 e. The lowest BCUT2D eigenvalue weighted by atomic mass is 10.1. The zero-order valence-corrected chi connectivity index (χ0v) is 10.1. The van der Waals surface area contributed by atoms with Crippen LogP contribution in [0.5, 0.6) is 0 Å². The van der Waals surface area contributed by atoms with Crippen LogP contribution in [0, 0.1) is 13.8 Å². The molecule has 0 bridgehead atoms. The third kappa shape index (κ3) is 3.26. The van der Waals surface area contributed by atoms with E-state index in [1.54, 1.807) is 0 Å². The molecule has 0 spiro atoms. The highest BCUT2D eigenvalue weighted by Gasteiger charge is 2.16. The van der Waals surface area contributed by atoms with Crippen LogP contribution in [0.4, 0.5) is 5.69 Å². The molecule has 2 N–H and O–H groups in total. The predicted octanol–water partition coefficient (Wildman–Crippen LogP) is 2.97. The highest BCUT2D eigenvalue weighted by molar-refractivity contribution is 5.77. The van der Waals surface area contributed by atoms with Crippen molar-refractivity contribution in [1.29, 1.82) is 0 Å². The van der Waals surface area contributed by atoms with Gasteiger partial charge in [-0.05, 0) is 37.5 Å². The summed E-state index contributed by atoms with van der Waals surface area (Å²) in [6, 6.07) is 5.52. The number of carboxylic acids is 1. The van der Waals surface area contributed by atoms with Gasteiger partial charge in [0.2, 0.25) is 0 Å². The lowest BCUT2D eigenvalue weighted by Gasteiger charge is -2.17. The van der Waals surface area contributed by atoms with E-state index in [0.717, 1.165) is 23.2 Å². The Labute approximate surface area is 96.5 Å². The molecular weight excluding hydrogens is 202 g/mol. The van der Waals surface area contributed by atoms with Crippen LogP contribution in [0.25, 0.3) is 0 Å². The highest BCUT2D eigenvalue weighted by atomic mass is 16.4. The number of anilines is 1. The summed E-state index contributed by atoms with van der Waals surface area (Å²) in [5.41, 5.74) is 3.13. The predicted molar refractivity (Wildman–Crippen MR) is 65.9 cm³/mol. The van der Waals surface area contributed by atoms with Gasteiger partial charge in [0.15, 0.2) is 0 Å². The van der Waals surface area contributed by atoms with E-state index in [4.69, 9.17) is 5.11 Å². The van der Waals surface area contributed by atoms with Crippen LogP contribution in [-0.4, -0.2) is 17.1 Å². The van der Waals surface area contributed by atoms with Gasteiger partial charge >= 0.3 is 5.97 Å². The fourth-order valence-corrected chi connectivity index (χ4v) is 1.63. The first-order chi connectivity index (χ1) is 7.54. The van der Waals surface area contributed by atoms with E-state index >= 15 is 0 Å². The topological polar surface area (TPSA) is 49.3 Å². The normalized spacial score (nSPS) is 12.2. The number of carbonyl (C=O) groups is 1. The van der Waals surface area contributed by atoms with E-state index < -0.39 is 12.0 Å². The maximum atomic E-state index is 11.0. The van der Waals surface area contributed by atoms with Crippen molar-refractivity contribution < 1.29 is 9.90 Å². The number of hydrogen-bond acceptors (Lipinski definition) is 2. The zero-order valence-electron chi connectivity index (χ0n) is 10.1. The van der Waals surface area contributed by atoms with E-state index in [-0.39, 0.29) is 0 Å². The Kier molecular flexibility index (Phi) is 4.35. The summed E-state index contributed by atoms with van der Waals surface area (Å²) in [4.78, 5) is 11.0. The van der Waals surface area contributed by atoms with Crippen molar-refractivity contribution in [3.63, 3.8) is 0 Å². The van der Waals surface area contributed by atoms with Crippen LogP contribution in [-0.2, 0) is 4.79 Å². The molecule has 0 heterocycles. The smallest absolute Gasteiger partial charge is 0.326 e. The molecule has 88 valence electrons. The van der Waals surface area contributed by atoms with Crippen molar-refractivity contribution in [2.45, 2.75) is 39.7 Å². The van der Waals surface area contributed by atoms with Gasteiger partial charge in [-0.3, -0.25) is 0 Å². The van der Waals surface area contributed by atoms with Crippen molar-refractivity contribution >= 4 is 11.7 Å². The van der Waals surface area contributed by atoms with Gasteiger partial charge in [-0.25, -0.2) is 4.79 Å². The quantitative estimate of drug-likeness (QED) is 0.803. The SMILES string of the molecule is CCCC(Nc1cc(C)ccc1C)C(=O)O. The monoisotopic (exact) mass is 221 g/mol. The Balaban J connectivity index is 2.84. The molecule has 1 aromatic carbocycles. The first kappa shape index (κ1) is 12.6. The van der Waals surface area contributed by atoms with Crippen LogP contribution in [0.15, 0.2) is 18.2 Å². The average molecular weight is 221 g/mol. The van der Waals surface area contributed by atoms with Crippen molar-refractivity contribution in [2.24, 2.45) is 0 Å². The summed E-state index contributed by atoms with van der Waals surface area (Å²) in [6.07, 6.45) is 1.50. The largest absolute Gasteiger partial charge is 0.480 e. The van der Waals surface area contributed by atoms with E-state index in [1.807, 2.05) is 39.0 Å². The maximum absolute atomic E-state index is 11.0. The second kappa shape index (κ2) is 5.54. The van der Waals surface area contributed by atoms with Gasteiger partial charge in [-0.1, -0.05) is 25.5 Å². The minimum atomic E-state index is -0.789. The van der Waals surface area contributed by atoms with Gasteiger partial charge in [-0.2, -0.15) is 0 Å². The third-order valence-corrected chi connectivity index (χ3v) is 2.60. The Bertz CT molecular complexity index is 374. The number of hydrogen-bond donors (Lipinski definition) is 2. The van der Waals surface area contributed by atoms with Crippen LogP contribution in [0.3, 0.4) is 0 Å². The Morgan fingerprint density at radius 1 is 1.44 bits per heavy atom. The number of nitrogens with one attached hydrogen (secondary N) is 1. The standard InChI is InChI=1S/C13H19NO2/c1-4-5-11(13(15)16)14-12-8-9(2)6-7-10(12)3/h6-8,11,14H,4-5H2,1-3H3,(H,15,16). The van der Waals surface area contributed by atoms with Gasteiger partial charge in [0.1, 0.15) is 6.04 Å². The number of aryl methyl sites for hydroxylation is 2. The molecule has 1 atom stereocenters. The first-order valence-electron chi connectivity index (χ1n) is 5.61. The van der Waals surface area contributed by atoms with Crippen LogP contribution in [0.1, 0.15) is 30.9 Å². The molecule has 0 saturated heterocycles. The molecule has 0 saturated carbocycles.